The van der Waals surface area contributed by atoms with Crippen LogP contribution in [0.2, 0.25) is 0 Å². The fraction of sp³-hybridized carbons (Fsp3) is 0.500. The molecule has 2 nitrogen and oxygen atoms in total. The predicted molar refractivity (Wildman–Crippen MR) is 83.3 cm³/mol. The van der Waals surface area contributed by atoms with Crippen LogP contribution >= 0.6 is 0 Å². The molecule has 20 heavy (non-hydrogen) atoms. The zero-order chi connectivity index (χ0) is 14.3. The zero-order valence-electron chi connectivity index (χ0n) is 12.7. The number of hydrogen-bond acceptors (Lipinski definition) is 1. The summed E-state index contributed by atoms with van der Waals surface area (Å²) in [5.41, 5.74) is 3.48. The second-order valence-corrected chi connectivity index (χ2v) is 6.53. The molecule has 3 rings (SSSR count). The van der Waals surface area contributed by atoms with Crippen LogP contribution in [0.4, 0.5) is 0 Å². The van der Waals surface area contributed by atoms with E-state index in [1.54, 1.807) is 0 Å². The SMILES string of the molecule is CCC(C)(C)C(=O)n1c2c(c3ccccc31)CCCC2. The van der Waals surface area contributed by atoms with Gasteiger partial charge in [-0.15, -0.1) is 0 Å². The average Bonchev–Trinajstić information content (AvgIpc) is 2.81. The van der Waals surface area contributed by atoms with Gasteiger partial charge in [-0.05, 0) is 43.7 Å². The van der Waals surface area contributed by atoms with Gasteiger partial charge in [-0.2, -0.15) is 0 Å². The molecule has 1 aromatic carbocycles. The minimum absolute atomic E-state index is 0.249. The Labute approximate surface area is 120 Å². The van der Waals surface area contributed by atoms with Crippen molar-refractivity contribution < 1.29 is 4.79 Å². The summed E-state index contributed by atoms with van der Waals surface area (Å²) < 4.78 is 2.02. The topological polar surface area (TPSA) is 22.0 Å². The van der Waals surface area contributed by atoms with Gasteiger partial charge in [0.2, 0.25) is 5.91 Å². The highest BCUT2D eigenvalue weighted by Gasteiger charge is 2.31. The van der Waals surface area contributed by atoms with Gasteiger partial charge in [-0.3, -0.25) is 9.36 Å². The van der Waals surface area contributed by atoms with Crippen LogP contribution in [0.15, 0.2) is 24.3 Å². The molecule has 2 heteroatoms. The molecular weight excluding hydrogens is 246 g/mol. The quantitative estimate of drug-likeness (QED) is 0.781. The maximum atomic E-state index is 13.0. The molecule has 1 aliphatic carbocycles. The maximum absolute atomic E-state index is 13.0. The Hall–Kier alpha value is -1.57. The molecule has 0 atom stereocenters. The van der Waals surface area contributed by atoms with Crippen LogP contribution in [-0.2, 0) is 12.8 Å². The van der Waals surface area contributed by atoms with E-state index in [4.69, 9.17) is 0 Å². The van der Waals surface area contributed by atoms with E-state index in [0.29, 0.717) is 0 Å². The molecule has 0 amide bonds. The van der Waals surface area contributed by atoms with Crippen LogP contribution in [0.25, 0.3) is 10.9 Å². The van der Waals surface area contributed by atoms with E-state index in [9.17, 15) is 4.79 Å². The van der Waals surface area contributed by atoms with Gasteiger partial charge in [-0.25, -0.2) is 0 Å². The predicted octanol–water partition coefficient (Wildman–Crippen LogP) is 4.60. The van der Waals surface area contributed by atoms with Crippen molar-refractivity contribution in [2.24, 2.45) is 5.41 Å². The Balaban J connectivity index is 2.27. The molecule has 0 bridgehead atoms. The van der Waals surface area contributed by atoms with Crippen molar-refractivity contribution in [3.8, 4) is 0 Å². The summed E-state index contributed by atoms with van der Waals surface area (Å²) >= 11 is 0. The molecule has 106 valence electrons. The van der Waals surface area contributed by atoms with Gasteiger partial charge in [0.05, 0.1) is 5.52 Å². The fourth-order valence-electron chi connectivity index (χ4n) is 3.18. The number of para-hydroxylation sites is 1. The van der Waals surface area contributed by atoms with Gasteiger partial charge >= 0.3 is 0 Å². The van der Waals surface area contributed by atoms with Crippen molar-refractivity contribution in [1.82, 2.24) is 4.57 Å². The second-order valence-electron chi connectivity index (χ2n) is 6.53. The maximum Gasteiger partial charge on any atom is 0.236 e. The molecule has 0 aliphatic heterocycles. The third-order valence-electron chi connectivity index (χ3n) is 4.84. The third-order valence-corrected chi connectivity index (χ3v) is 4.84. The smallest absolute Gasteiger partial charge is 0.236 e. The van der Waals surface area contributed by atoms with Crippen molar-refractivity contribution in [3.63, 3.8) is 0 Å². The Bertz CT molecular complexity index is 663. The number of carbonyl (C=O) groups excluding carboxylic acids is 1. The monoisotopic (exact) mass is 269 g/mol. The minimum Gasteiger partial charge on any atom is -0.283 e. The van der Waals surface area contributed by atoms with Gasteiger partial charge in [-0.1, -0.05) is 39.0 Å². The Morgan fingerprint density at radius 2 is 1.90 bits per heavy atom. The van der Waals surface area contributed by atoms with Crippen molar-refractivity contribution in [3.05, 3.63) is 35.5 Å². The summed E-state index contributed by atoms with van der Waals surface area (Å²) in [5.74, 6) is 0.249. The van der Waals surface area contributed by atoms with Gasteiger partial charge in [0, 0.05) is 16.5 Å². The second kappa shape index (κ2) is 4.76. The Kier molecular flexibility index (Phi) is 3.19. The molecule has 0 spiro atoms. The molecule has 1 aromatic heterocycles. The number of benzene rings is 1. The first kappa shape index (κ1) is 13.4. The molecule has 0 saturated carbocycles. The first-order valence-electron chi connectivity index (χ1n) is 7.72. The fourth-order valence-corrected chi connectivity index (χ4v) is 3.18. The van der Waals surface area contributed by atoms with Crippen LogP contribution in [-0.4, -0.2) is 10.5 Å². The van der Waals surface area contributed by atoms with Crippen molar-refractivity contribution >= 4 is 16.8 Å². The third kappa shape index (κ3) is 1.90. The van der Waals surface area contributed by atoms with E-state index in [1.807, 2.05) is 10.6 Å². The van der Waals surface area contributed by atoms with Gasteiger partial charge in [0.25, 0.3) is 0 Å². The number of hydrogen-bond donors (Lipinski definition) is 0. The lowest BCUT2D eigenvalue weighted by Gasteiger charge is -2.24. The minimum atomic E-state index is -0.299. The number of rotatable bonds is 2. The molecule has 1 heterocycles. The first-order chi connectivity index (χ1) is 9.56. The van der Waals surface area contributed by atoms with Crippen LogP contribution in [0, 0.1) is 5.41 Å². The van der Waals surface area contributed by atoms with Crippen molar-refractivity contribution in [2.75, 3.05) is 0 Å². The number of aromatic nitrogens is 1. The Morgan fingerprint density at radius 3 is 2.65 bits per heavy atom. The summed E-state index contributed by atoms with van der Waals surface area (Å²) in [6.07, 6.45) is 5.46. The van der Waals surface area contributed by atoms with Gasteiger partial charge < -0.3 is 0 Å². The molecular formula is C18H23NO. The van der Waals surface area contributed by atoms with E-state index >= 15 is 0 Å². The van der Waals surface area contributed by atoms with Crippen LogP contribution in [0.3, 0.4) is 0 Å². The molecule has 0 radical (unpaired) electrons. The summed E-state index contributed by atoms with van der Waals surface area (Å²) in [6.45, 7) is 6.20. The summed E-state index contributed by atoms with van der Waals surface area (Å²) in [7, 11) is 0. The highest BCUT2D eigenvalue weighted by atomic mass is 16.2. The lowest BCUT2D eigenvalue weighted by molar-refractivity contribution is 0.0741. The zero-order valence-corrected chi connectivity index (χ0v) is 12.7. The molecule has 0 saturated heterocycles. The van der Waals surface area contributed by atoms with E-state index in [-0.39, 0.29) is 11.3 Å². The van der Waals surface area contributed by atoms with Gasteiger partial charge in [0.15, 0.2) is 0 Å². The number of nitrogens with zero attached hydrogens (tertiary/aromatic N) is 1. The van der Waals surface area contributed by atoms with Crippen molar-refractivity contribution in [1.29, 1.82) is 0 Å². The number of carbonyl (C=O) groups is 1. The summed E-state index contributed by atoms with van der Waals surface area (Å²) in [4.78, 5) is 13.0. The van der Waals surface area contributed by atoms with E-state index < -0.39 is 0 Å². The van der Waals surface area contributed by atoms with E-state index in [2.05, 4.69) is 39.0 Å². The first-order valence-corrected chi connectivity index (χ1v) is 7.72. The Morgan fingerprint density at radius 1 is 1.20 bits per heavy atom. The summed E-state index contributed by atoms with van der Waals surface area (Å²) in [5, 5.41) is 1.28. The van der Waals surface area contributed by atoms with E-state index in [0.717, 1.165) is 24.8 Å². The lowest BCUT2D eigenvalue weighted by atomic mass is 9.88. The average molecular weight is 269 g/mol. The van der Waals surface area contributed by atoms with Crippen molar-refractivity contribution in [2.45, 2.75) is 52.9 Å². The van der Waals surface area contributed by atoms with E-state index in [1.165, 1.54) is 29.5 Å². The summed E-state index contributed by atoms with van der Waals surface area (Å²) in [6, 6.07) is 8.38. The largest absolute Gasteiger partial charge is 0.283 e. The number of fused-ring (bicyclic) bond motifs is 3. The van der Waals surface area contributed by atoms with Gasteiger partial charge in [0.1, 0.15) is 0 Å². The van der Waals surface area contributed by atoms with Crippen LogP contribution in [0.5, 0.6) is 0 Å². The molecule has 0 unspecified atom stereocenters. The lowest BCUT2D eigenvalue weighted by Crippen LogP contribution is -2.30. The standard InChI is InChI=1S/C18H23NO/c1-4-18(2,3)17(20)19-15-11-7-5-9-13(15)14-10-6-8-12-16(14)19/h5,7,9,11H,4,6,8,10,12H2,1-3H3. The highest BCUT2D eigenvalue weighted by Crippen LogP contribution is 2.35. The highest BCUT2D eigenvalue weighted by molar-refractivity contribution is 5.98. The molecule has 0 fully saturated rings. The normalized spacial score (nSPS) is 15.3. The molecule has 1 aliphatic rings. The number of aryl methyl sites for hydroxylation is 1. The molecule has 2 aromatic rings. The molecule has 0 N–H and O–H groups in total. The van der Waals surface area contributed by atoms with Crippen LogP contribution in [0.1, 0.15) is 56.1 Å². The van der Waals surface area contributed by atoms with Crippen LogP contribution < -0.4 is 0 Å².